The molecule has 1 aromatic rings. The van der Waals surface area contributed by atoms with Crippen LogP contribution in [0.4, 0.5) is 8.78 Å². The van der Waals surface area contributed by atoms with E-state index in [9.17, 15) is 13.6 Å². The van der Waals surface area contributed by atoms with E-state index in [-0.39, 0.29) is 24.6 Å². The fraction of sp³-hybridized carbons (Fsp3) is 0.727. The lowest BCUT2D eigenvalue weighted by atomic mass is 9.86. The molecule has 2 rings (SSSR count). The van der Waals surface area contributed by atoms with Crippen molar-refractivity contribution in [2.75, 3.05) is 7.11 Å². The third-order valence-corrected chi connectivity index (χ3v) is 3.09. The highest BCUT2D eigenvalue weighted by atomic mass is 19.3. The summed E-state index contributed by atoms with van der Waals surface area (Å²) in [7, 11) is 1.24. The quantitative estimate of drug-likeness (QED) is 0.778. The van der Waals surface area contributed by atoms with Crippen LogP contribution in [0.3, 0.4) is 0 Å². The van der Waals surface area contributed by atoms with Crippen molar-refractivity contribution in [3.05, 3.63) is 12.2 Å². The highest BCUT2D eigenvalue weighted by Crippen LogP contribution is 2.37. The summed E-state index contributed by atoms with van der Waals surface area (Å²) in [5, 5.41) is 3.91. The Morgan fingerprint density at radius 2 is 2.44 bits per heavy atom. The maximum absolute atomic E-state index is 13.2. The van der Waals surface area contributed by atoms with Crippen molar-refractivity contribution in [2.24, 2.45) is 5.92 Å². The van der Waals surface area contributed by atoms with Crippen LogP contribution in [0.5, 0.6) is 0 Å². The van der Waals surface area contributed by atoms with Crippen molar-refractivity contribution in [2.45, 2.75) is 38.2 Å². The van der Waals surface area contributed by atoms with Crippen LogP contribution in [0, 0.1) is 5.92 Å². The summed E-state index contributed by atoms with van der Waals surface area (Å²) in [6, 6.07) is 0. The fourth-order valence-corrected chi connectivity index (χ4v) is 2.26. The van der Waals surface area contributed by atoms with Crippen LogP contribution in [0.25, 0.3) is 0 Å². The maximum Gasteiger partial charge on any atom is 0.377 e. The van der Waals surface area contributed by atoms with E-state index in [4.69, 9.17) is 0 Å². The van der Waals surface area contributed by atoms with E-state index in [2.05, 4.69) is 14.8 Å². The molecule has 0 radical (unpaired) electrons. The lowest BCUT2D eigenvalue weighted by Gasteiger charge is -2.28. The Balaban J connectivity index is 1.97. The molecule has 1 aromatic heterocycles. The van der Waals surface area contributed by atoms with Gasteiger partial charge in [-0.2, -0.15) is 0 Å². The molecule has 1 atom stereocenters. The standard InChI is InChI=1S/C11H15F2N3O2/c1-18-10(17)9-14-7-16(15-9)6-8-3-2-4-11(12,13)5-8/h7-8H,2-6H2,1H3. The van der Waals surface area contributed by atoms with Crippen LogP contribution in [0.2, 0.25) is 0 Å². The average Bonchev–Trinajstić information content (AvgIpc) is 2.75. The van der Waals surface area contributed by atoms with E-state index in [0.29, 0.717) is 13.0 Å². The molecule has 0 saturated heterocycles. The van der Waals surface area contributed by atoms with Crippen molar-refractivity contribution in [1.82, 2.24) is 14.8 Å². The van der Waals surface area contributed by atoms with Gasteiger partial charge in [0.15, 0.2) is 0 Å². The first-order valence-corrected chi connectivity index (χ1v) is 5.86. The molecule has 0 bridgehead atoms. The van der Waals surface area contributed by atoms with E-state index in [0.717, 1.165) is 6.42 Å². The van der Waals surface area contributed by atoms with E-state index >= 15 is 0 Å². The lowest BCUT2D eigenvalue weighted by Crippen LogP contribution is -2.28. The Hall–Kier alpha value is -1.53. The molecule has 1 saturated carbocycles. The number of carbonyl (C=O) groups is 1. The molecule has 100 valence electrons. The van der Waals surface area contributed by atoms with Gasteiger partial charge in [0.2, 0.25) is 5.92 Å². The SMILES string of the molecule is COC(=O)c1ncn(CC2CCCC(F)(F)C2)n1. The molecule has 1 unspecified atom stereocenters. The topological polar surface area (TPSA) is 57.0 Å². The predicted molar refractivity (Wildman–Crippen MR) is 58.3 cm³/mol. The van der Waals surface area contributed by atoms with Gasteiger partial charge in [-0.05, 0) is 18.8 Å². The van der Waals surface area contributed by atoms with Gasteiger partial charge in [-0.25, -0.2) is 18.6 Å². The molecular weight excluding hydrogens is 244 g/mol. The number of carbonyl (C=O) groups excluding carboxylic acids is 1. The molecule has 0 spiro atoms. The van der Waals surface area contributed by atoms with Crippen LogP contribution in [-0.2, 0) is 11.3 Å². The number of aromatic nitrogens is 3. The minimum atomic E-state index is -2.57. The minimum Gasteiger partial charge on any atom is -0.463 e. The number of esters is 1. The predicted octanol–water partition coefficient (Wildman–Crippen LogP) is 1.89. The second kappa shape index (κ2) is 4.99. The summed E-state index contributed by atoms with van der Waals surface area (Å²) in [4.78, 5) is 14.9. The molecular formula is C11H15F2N3O2. The Bertz CT molecular complexity index is 434. The summed E-state index contributed by atoms with van der Waals surface area (Å²) in [5.74, 6) is -3.36. The van der Waals surface area contributed by atoms with Crippen molar-refractivity contribution >= 4 is 5.97 Å². The summed E-state index contributed by atoms with van der Waals surface area (Å²) in [5.41, 5.74) is 0. The summed E-state index contributed by atoms with van der Waals surface area (Å²) in [6.07, 6.45) is 2.49. The molecule has 18 heavy (non-hydrogen) atoms. The monoisotopic (exact) mass is 259 g/mol. The van der Waals surface area contributed by atoms with Gasteiger partial charge in [0.25, 0.3) is 5.82 Å². The van der Waals surface area contributed by atoms with Crippen LogP contribution in [-0.4, -0.2) is 33.8 Å². The second-order valence-electron chi connectivity index (χ2n) is 4.60. The number of alkyl halides is 2. The summed E-state index contributed by atoms with van der Waals surface area (Å²) >= 11 is 0. The Labute approximate surface area is 103 Å². The number of rotatable bonds is 3. The zero-order chi connectivity index (χ0) is 13.2. The van der Waals surface area contributed by atoms with Gasteiger partial charge in [0.1, 0.15) is 6.33 Å². The lowest BCUT2D eigenvalue weighted by molar-refractivity contribution is -0.0552. The fourth-order valence-electron chi connectivity index (χ4n) is 2.26. The van der Waals surface area contributed by atoms with Crippen molar-refractivity contribution in [3.63, 3.8) is 0 Å². The normalized spacial score (nSPS) is 22.7. The highest BCUT2D eigenvalue weighted by Gasteiger charge is 2.36. The maximum atomic E-state index is 13.2. The van der Waals surface area contributed by atoms with Crippen molar-refractivity contribution in [1.29, 1.82) is 0 Å². The first-order valence-electron chi connectivity index (χ1n) is 5.86. The number of hydrogen-bond acceptors (Lipinski definition) is 4. The van der Waals surface area contributed by atoms with E-state index in [1.165, 1.54) is 18.1 Å². The van der Waals surface area contributed by atoms with Crippen LogP contribution in [0.1, 0.15) is 36.3 Å². The second-order valence-corrected chi connectivity index (χ2v) is 4.60. The molecule has 1 aliphatic rings. The number of nitrogens with zero attached hydrogens (tertiary/aromatic N) is 3. The summed E-state index contributed by atoms with van der Waals surface area (Å²) < 4.78 is 32.4. The third kappa shape index (κ3) is 3.02. The average molecular weight is 259 g/mol. The number of ether oxygens (including phenoxy) is 1. The minimum absolute atomic E-state index is 0.0335. The zero-order valence-electron chi connectivity index (χ0n) is 10.1. The molecule has 1 heterocycles. The third-order valence-electron chi connectivity index (χ3n) is 3.09. The largest absolute Gasteiger partial charge is 0.463 e. The van der Waals surface area contributed by atoms with Gasteiger partial charge in [-0.3, -0.25) is 4.68 Å². The Morgan fingerprint density at radius 3 is 3.11 bits per heavy atom. The van der Waals surface area contributed by atoms with Crippen molar-refractivity contribution in [3.8, 4) is 0 Å². The summed E-state index contributed by atoms with van der Waals surface area (Å²) in [6.45, 7) is 0.361. The van der Waals surface area contributed by atoms with E-state index in [1.807, 2.05) is 0 Å². The zero-order valence-corrected chi connectivity index (χ0v) is 10.1. The molecule has 0 amide bonds. The number of methoxy groups -OCH3 is 1. The van der Waals surface area contributed by atoms with E-state index < -0.39 is 11.9 Å². The Morgan fingerprint density at radius 1 is 1.67 bits per heavy atom. The van der Waals surface area contributed by atoms with Crippen LogP contribution in [0.15, 0.2) is 6.33 Å². The van der Waals surface area contributed by atoms with Crippen molar-refractivity contribution < 1.29 is 18.3 Å². The first kappa shape index (κ1) is 12.9. The molecule has 1 fully saturated rings. The van der Waals surface area contributed by atoms with Gasteiger partial charge >= 0.3 is 5.97 Å². The smallest absolute Gasteiger partial charge is 0.377 e. The molecule has 5 nitrogen and oxygen atoms in total. The molecule has 0 aromatic carbocycles. The highest BCUT2D eigenvalue weighted by molar-refractivity contribution is 5.84. The molecule has 0 N–H and O–H groups in total. The molecule has 0 aliphatic heterocycles. The number of hydrogen-bond donors (Lipinski definition) is 0. The van der Waals surface area contributed by atoms with Gasteiger partial charge in [-0.15, -0.1) is 5.10 Å². The van der Waals surface area contributed by atoms with Gasteiger partial charge in [0.05, 0.1) is 7.11 Å². The molecule has 7 heteroatoms. The molecule has 1 aliphatic carbocycles. The van der Waals surface area contributed by atoms with E-state index in [1.54, 1.807) is 0 Å². The Kier molecular flexibility index (Phi) is 3.58. The van der Waals surface area contributed by atoms with Crippen LogP contribution >= 0.6 is 0 Å². The van der Waals surface area contributed by atoms with Gasteiger partial charge < -0.3 is 4.74 Å². The van der Waals surface area contributed by atoms with Crippen LogP contribution < -0.4 is 0 Å². The number of halogens is 2. The van der Waals surface area contributed by atoms with Gasteiger partial charge in [0, 0.05) is 19.4 Å². The first-order chi connectivity index (χ1) is 8.50. The van der Waals surface area contributed by atoms with Gasteiger partial charge in [-0.1, -0.05) is 0 Å².